The number of amides is 2. The number of nitrogens with zero attached hydrogens (tertiary/aromatic N) is 3. The molecule has 0 unspecified atom stereocenters. The Morgan fingerprint density at radius 1 is 1.23 bits per heavy atom. The fourth-order valence-corrected chi connectivity index (χ4v) is 3.50. The van der Waals surface area contributed by atoms with Crippen LogP contribution in [-0.2, 0) is 0 Å². The summed E-state index contributed by atoms with van der Waals surface area (Å²) in [5.41, 5.74) is 8.63. The van der Waals surface area contributed by atoms with Gasteiger partial charge in [0.25, 0.3) is 11.8 Å². The highest BCUT2D eigenvalue weighted by atomic mass is 16.2. The summed E-state index contributed by atoms with van der Waals surface area (Å²) >= 11 is 0. The summed E-state index contributed by atoms with van der Waals surface area (Å²) in [4.78, 5) is 41.1. The maximum absolute atomic E-state index is 13.1. The number of carbonyl (C=O) groups is 2. The summed E-state index contributed by atoms with van der Waals surface area (Å²) in [6.07, 6.45) is 2.81. The van der Waals surface area contributed by atoms with Gasteiger partial charge < -0.3 is 16.0 Å². The van der Waals surface area contributed by atoms with Crippen LogP contribution in [0, 0.1) is 0 Å². The molecule has 4 N–H and O–H groups in total. The largest absolute Gasteiger partial charge is 0.388 e. The number of nitrogens with two attached hydrogens (primary N) is 1. The number of nitrogens with one attached hydrogen (secondary N) is 2. The van der Waals surface area contributed by atoms with Gasteiger partial charge in [0.1, 0.15) is 5.82 Å². The smallest absolute Gasteiger partial charge is 0.278 e. The number of fused-ring (bicyclic) bond motifs is 2. The van der Waals surface area contributed by atoms with Crippen molar-refractivity contribution in [2.45, 2.75) is 25.8 Å². The fourth-order valence-electron chi connectivity index (χ4n) is 3.50. The van der Waals surface area contributed by atoms with Crippen LogP contribution >= 0.6 is 0 Å². The highest BCUT2D eigenvalue weighted by Gasteiger charge is 2.26. The average Bonchev–Trinajstić information content (AvgIpc) is 3.33. The molecule has 1 atom stereocenters. The third kappa shape index (κ3) is 3.98. The monoisotopic (exact) mass is 402 g/mol. The molecule has 2 amide bonds. The predicted octanol–water partition coefficient (Wildman–Crippen LogP) is 2.76. The Labute approximate surface area is 173 Å². The van der Waals surface area contributed by atoms with E-state index < -0.39 is 5.91 Å². The molecular weight excluding hydrogens is 380 g/mol. The van der Waals surface area contributed by atoms with Crippen molar-refractivity contribution in [2.75, 3.05) is 6.54 Å². The molecule has 0 radical (unpaired) electrons. The normalized spacial score (nSPS) is 14.2. The molecule has 0 saturated heterocycles. The van der Waals surface area contributed by atoms with Crippen LogP contribution < -0.4 is 11.1 Å². The molecule has 0 fully saturated rings. The first-order chi connectivity index (χ1) is 14.5. The Morgan fingerprint density at radius 3 is 2.87 bits per heavy atom. The van der Waals surface area contributed by atoms with E-state index in [-0.39, 0.29) is 11.9 Å². The first-order valence-corrected chi connectivity index (χ1v) is 9.76. The number of hydrogen-bond donors (Lipinski definition) is 3. The summed E-state index contributed by atoms with van der Waals surface area (Å²) < 4.78 is 0. The lowest BCUT2D eigenvalue weighted by molar-refractivity contribution is 0.0920. The molecule has 1 aliphatic rings. The SMILES string of the molecule is CC(N)=NCCC[C@H](NC(=O)c1cccc2c1C(=O)N=C2)c1nc2ccccc2[nH]1. The maximum atomic E-state index is 13.1. The zero-order valence-electron chi connectivity index (χ0n) is 16.6. The lowest BCUT2D eigenvalue weighted by Gasteiger charge is -2.17. The minimum atomic E-state index is -0.399. The van der Waals surface area contributed by atoms with Crippen molar-refractivity contribution < 1.29 is 9.59 Å². The molecule has 2 heterocycles. The molecule has 1 aliphatic heterocycles. The lowest BCUT2D eigenvalue weighted by atomic mass is 10.0. The second kappa shape index (κ2) is 8.28. The molecule has 0 spiro atoms. The number of H-pyrrole nitrogens is 1. The first-order valence-electron chi connectivity index (χ1n) is 9.76. The van der Waals surface area contributed by atoms with Crippen LogP contribution in [0.25, 0.3) is 11.0 Å². The lowest BCUT2D eigenvalue weighted by Crippen LogP contribution is -2.30. The number of imidazole rings is 1. The van der Waals surface area contributed by atoms with Crippen molar-refractivity contribution in [1.29, 1.82) is 0 Å². The van der Waals surface area contributed by atoms with E-state index in [2.05, 4.69) is 25.3 Å². The van der Waals surface area contributed by atoms with Gasteiger partial charge in [-0.2, -0.15) is 0 Å². The number of rotatable bonds is 7. The zero-order chi connectivity index (χ0) is 21.1. The van der Waals surface area contributed by atoms with Crippen LogP contribution in [0.3, 0.4) is 0 Å². The molecule has 8 heteroatoms. The fraction of sp³-hybridized carbons (Fsp3) is 0.227. The van der Waals surface area contributed by atoms with Gasteiger partial charge >= 0.3 is 0 Å². The van der Waals surface area contributed by atoms with Gasteiger partial charge in [0.15, 0.2) is 0 Å². The molecule has 30 heavy (non-hydrogen) atoms. The maximum Gasteiger partial charge on any atom is 0.278 e. The van der Waals surface area contributed by atoms with Gasteiger partial charge in [-0.25, -0.2) is 9.98 Å². The Balaban J connectivity index is 1.60. The summed E-state index contributed by atoms with van der Waals surface area (Å²) in [6, 6.07) is 12.5. The van der Waals surface area contributed by atoms with E-state index in [0.717, 1.165) is 11.0 Å². The quantitative estimate of drug-likeness (QED) is 0.319. The molecule has 1 aromatic heterocycles. The van der Waals surface area contributed by atoms with E-state index in [0.29, 0.717) is 47.7 Å². The molecule has 0 bridgehead atoms. The van der Waals surface area contributed by atoms with Crippen molar-refractivity contribution in [1.82, 2.24) is 15.3 Å². The second-order valence-electron chi connectivity index (χ2n) is 7.16. The minimum absolute atomic E-state index is 0.312. The Hall–Kier alpha value is -3.81. The molecule has 0 aliphatic carbocycles. The van der Waals surface area contributed by atoms with Gasteiger partial charge in [-0.1, -0.05) is 24.3 Å². The van der Waals surface area contributed by atoms with Crippen molar-refractivity contribution in [2.24, 2.45) is 15.7 Å². The number of aromatic nitrogens is 2. The van der Waals surface area contributed by atoms with E-state index in [1.807, 2.05) is 24.3 Å². The van der Waals surface area contributed by atoms with Crippen LogP contribution in [0.2, 0.25) is 0 Å². The first kappa shape index (κ1) is 19.5. The van der Waals surface area contributed by atoms with Gasteiger partial charge in [-0.15, -0.1) is 0 Å². The van der Waals surface area contributed by atoms with Gasteiger partial charge in [0.2, 0.25) is 0 Å². The number of aromatic amines is 1. The van der Waals surface area contributed by atoms with Crippen LogP contribution in [-0.4, -0.2) is 40.4 Å². The van der Waals surface area contributed by atoms with E-state index >= 15 is 0 Å². The average molecular weight is 402 g/mol. The van der Waals surface area contributed by atoms with Crippen molar-refractivity contribution in [3.63, 3.8) is 0 Å². The summed E-state index contributed by atoms with van der Waals surface area (Å²) in [6.45, 7) is 2.30. The number of carbonyl (C=O) groups excluding carboxylic acids is 2. The zero-order valence-corrected chi connectivity index (χ0v) is 16.6. The van der Waals surface area contributed by atoms with Crippen molar-refractivity contribution >= 4 is 34.9 Å². The number of aliphatic imine (C=N–C) groups is 2. The van der Waals surface area contributed by atoms with E-state index in [4.69, 9.17) is 5.73 Å². The minimum Gasteiger partial charge on any atom is -0.388 e. The number of benzene rings is 2. The number of para-hydroxylation sites is 2. The summed E-state index contributed by atoms with van der Waals surface area (Å²) in [5, 5.41) is 3.03. The van der Waals surface area contributed by atoms with Crippen LogP contribution in [0.15, 0.2) is 52.4 Å². The standard InChI is InChI=1S/C22H22N6O2/c1-13(23)24-11-5-10-18(20-26-16-8-2-3-9-17(16)27-20)28-21(29)15-7-4-6-14-12-25-22(30)19(14)15/h2-4,6-9,12,18H,5,10-11H2,1H3,(H2,23,24)(H,26,27)(H,28,29)/t18-/m0/s1. The third-order valence-electron chi connectivity index (χ3n) is 4.93. The molecule has 4 rings (SSSR count). The molecule has 152 valence electrons. The Morgan fingerprint density at radius 2 is 2.07 bits per heavy atom. The predicted molar refractivity (Wildman–Crippen MR) is 116 cm³/mol. The van der Waals surface area contributed by atoms with Gasteiger partial charge in [-0.05, 0) is 38.0 Å². The van der Waals surface area contributed by atoms with Crippen molar-refractivity contribution in [3.8, 4) is 0 Å². The number of hydrogen-bond acceptors (Lipinski definition) is 4. The van der Waals surface area contributed by atoms with Crippen LogP contribution in [0.4, 0.5) is 0 Å². The second-order valence-corrected chi connectivity index (χ2v) is 7.16. The van der Waals surface area contributed by atoms with Gasteiger partial charge in [0.05, 0.1) is 34.0 Å². The van der Waals surface area contributed by atoms with E-state index in [1.54, 1.807) is 25.1 Å². The van der Waals surface area contributed by atoms with Crippen LogP contribution in [0.5, 0.6) is 0 Å². The third-order valence-corrected chi connectivity index (χ3v) is 4.93. The van der Waals surface area contributed by atoms with Crippen molar-refractivity contribution in [3.05, 3.63) is 65.0 Å². The van der Waals surface area contributed by atoms with Crippen LogP contribution in [0.1, 0.15) is 57.9 Å². The Bertz CT molecular complexity index is 1140. The Kier molecular flexibility index (Phi) is 5.38. The molecule has 3 aromatic rings. The van der Waals surface area contributed by atoms with Gasteiger partial charge in [0, 0.05) is 18.3 Å². The highest BCUT2D eigenvalue weighted by molar-refractivity contribution is 6.18. The number of amidine groups is 1. The van der Waals surface area contributed by atoms with Gasteiger partial charge in [-0.3, -0.25) is 14.6 Å². The van der Waals surface area contributed by atoms with E-state index in [9.17, 15) is 9.59 Å². The molecule has 8 nitrogen and oxygen atoms in total. The summed E-state index contributed by atoms with van der Waals surface area (Å²) in [7, 11) is 0. The summed E-state index contributed by atoms with van der Waals surface area (Å²) in [5.74, 6) is 0.448. The molecular formula is C22H22N6O2. The molecule has 2 aromatic carbocycles. The van der Waals surface area contributed by atoms with E-state index in [1.165, 1.54) is 6.21 Å². The topological polar surface area (TPSA) is 126 Å². The highest BCUT2D eigenvalue weighted by Crippen LogP contribution is 2.23. The molecule has 0 saturated carbocycles.